The summed E-state index contributed by atoms with van der Waals surface area (Å²) < 4.78 is 20.9. The van der Waals surface area contributed by atoms with E-state index in [1.54, 1.807) is 0 Å². The van der Waals surface area contributed by atoms with Gasteiger partial charge >= 0.3 is 6.09 Å². The molecule has 6 heteroatoms. The molecule has 0 radical (unpaired) electrons. The Kier molecular flexibility index (Phi) is 3.14. The normalized spacial score (nSPS) is 17.6. The fourth-order valence-corrected chi connectivity index (χ4v) is 2.48. The third kappa shape index (κ3) is 2.24. The van der Waals surface area contributed by atoms with Gasteiger partial charge in [-0.05, 0) is 0 Å². The van der Waals surface area contributed by atoms with Crippen LogP contribution in [0.2, 0.25) is 0 Å². The number of fused-ring (bicyclic) bond motifs is 1. The number of aromatic nitrogens is 2. The summed E-state index contributed by atoms with van der Waals surface area (Å²) in [5.41, 5.74) is 6.08. The van der Waals surface area contributed by atoms with E-state index in [-0.39, 0.29) is 12.1 Å². The van der Waals surface area contributed by atoms with E-state index in [1.807, 2.05) is 30.3 Å². The van der Waals surface area contributed by atoms with Crippen LogP contribution in [0, 0.1) is 5.95 Å². The van der Waals surface area contributed by atoms with Crippen molar-refractivity contribution in [3.05, 3.63) is 42.1 Å². The number of amides is 1. The van der Waals surface area contributed by atoms with E-state index >= 15 is 0 Å². The monoisotopic (exact) mass is 275 g/mol. The van der Waals surface area contributed by atoms with E-state index in [2.05, 4.69) is 4.98 Å². The molecule has 0 bridgehead atoms. The highest BCUT2D eigenvalue weighted by molar-refractivity contribution is 5.65. The molecule has 0 aliphatic carbocycles. The summed E-state index contributed by atoms with van der Waals surface area (Å²) in [6, 6.07) is 9.18. The van der Waals surface area contributed by atoms with E-state index in [1.165, 1.54) is 4.57 Å². The van der Waals surface area contributed by atoms with Crippen LogP contribution in [0.15, 0.2) is 30.3 Å². The van der Waals surface area contributed by atoms with Crippen LogP contribution in [0.25, 0.3) is 11.3 Å². The van der Waals surface area contributed by atoms with E-state index in [0.717, 1.165) is 5.56 Å². The molecule has 0 saturated carbocycles. The third-order valence-electron chi connectivity index (χ3n) is 3.40. The number of carbonyl (C=O) groups is 1. The molecule has 0 spiro atoms. The SMILES string of the molecule is NC(=O)OC1CCn2c(nc(-c3ccccc3)c2F)C1. The van der Waals surface area contributed by atoms with Gasteiger partial charge in [-0.1, -0.05) is 30.3 Å². The van der Waals surface area contributed by atoms with Gasteiger partial charge in [0, 0.05) is 24.9 Å². The highest BCUT2D eigenvalue weighted by Crippen LogP contribution is 2.27. The quantitative estimate of drug-likeness (QED) is 0.912. The molecule has 2 aromatic rings. The van der Waals surface area contributed by atoms with Crippen molar-refractivity contribution >= 4 is 6.09 Å². The Hall–Kier alpha value is -2.37. The minimum absolute atomic E-state index is 0.328. The number of nitrogens with two attached hydrogens (primary N) is 1. The van der Waals surface area contributed by atoms with Crippen LogP contribution in [-0.4, -0.2) is 21.7 Å². The molecule has 3 rings (SSSR count). The standard InChI is InChI=1S/C14H14FN3O2/c15-13-12(9-4-2-1-3-5-9)17-11-8-10(20-14(16)19)6-7-18(11)13/h1-5,10H,6-8H2,(H2,16,19). The number of hydrogen-bond donors (Lipinski definition) is 1. The lowest BCUT2D eigenvalue weighted by atomic mass is 10.1. The average Bonchev–Trinajstić information content (AvgIpc) is 2.76. The smallest absolute Gasteiger partial charge is 0.404 e. The molecule has 1 aliphatic rings. The Balaban J connectivity index is 1.91. The van der Waals surface area contributed by atoms with Crippen molar-refractivity contribution in [2.45, 2.75) is 25.5 Å². The highest BCUT2D eigenvalue weighted by Gasteiger charge is 2.27. The first-order chi connectivity index (χ1) is 9.65. The summed E-state index contributed by atoms with van der Waals surface area (Å²) in [6.45, 7) is 0.430. The largest absolute Gasteiger partial charge is 0.446 e. The molecule has 5 nitrogen and oxygen atoms in total. The van der Waals surface area contributed by atoms with Gasteiger partial charge < -0.3 is 15.0 Å². The topological polar surface area (TPSA) is 70.1 Å². The number of benzene rings is 1. The lowest BCUT2D eigenvalue weighted by Gasteiger charge is -2.22. The zero-order valence-electron chi connectivity index (χ0n) is 10.8. The number of carbonyl (C=O) groups excluding carboxylic acids is 1. The first kappa shape index (κ1) is 12.7. The minimum atomic E-state index is -0.807. The Morgan fingerprint density at radius 1 is 1.40 bits per heavy atom. The van der Waals surface area contributed by atoms with Gasteiger partial charge in [0.1, 0.15) is 17.6 Å². The molecule has 0 saturated heterocycles. The number of nitrogens with zero attached hydrogens (tertiary/aromatic N) is 2. The molecule has 2 heterocycles. The van der Waals surface area contributed by atoms with Gasteiger partial charge in [-0.15, -0.1) is 0 Å². The van der Waals surface area contributed by atoms with Gasteiger partial charge in [-0.3, -0.25) is 0 Å². The maximum atomic E-state index is 14.4. The Morgan fingerprint density at radius 3 is 2.85 bits per heavy atom. The molecule has 1 unspecified atom stereocenters. The molecule has 1 aromatic heterocycles. The lowest BCUT2D eigenvalue weighted by Crippen LogP contribution is -2.31. The first-order valence-corrected chi connectivity index (χ1v) is 6.41. The van der Waals surface area contributed by atoms with Crippen LogP contribution in [0.5, 0.6) is 0 Å². The fourth-order valence-electron chi connectivity index (χ4n) is 2.48. The first-order valence-electron chi connectivity index (χ1n) is 6.41. The van der Waals surface area contributed by atoms with Gasteiger partial charge in [0.2, 0.25) is 5.95 Å². The zero-order chi connectivity index (χ0) is 14.1. The number of imidazole rings is 1. The number of halogens is 1. The van der Waals surface area contributed by atoms with Crippen molar-refractivity contribution in [3.8, 4) is 11.3 Å². The molecule has 0 fully saturated rings. The van der Waals surface area contributed by atoms with Crippen molar-refractivity contribution in [2.75, 3.05) is 0 Å². The van der Waals surface area contributed by atoms with Gasteiger partial charge in [0.15, 0.2) is 0 Å². The summed E-state index contributed by atoms with van der Waals surface area (Å²) >= 11 is 0. The Labute approximate surface area is 115 Å². The second-order valence-corrected chi connectivity index (χ2v) is 4.74. The summed E-state index contributed by atoms with van der Waals surface area (Å²) in [5.74, 6) is 0.238. The summed E-state index contributed by atoms with van der Waals surface area (Å²) in [4.78, 5) is 15.1. The van der Waals surface area contributed by atoms with Crippen LogP contribution >= 0.6 is 0 Å². The number of hydrogen-bond acceptors (Lipinski definition) is 3. The van der Waals surface area contributed by atoms with Crippen LogP contribution in [0.1, 0.15) is 12.2 Å². The molecule has 1 aliphatic heterocycles. The van der Waals surface area contributed by atoms with Crippen molar-refractivity contribution in [3.63, 3.8) is 0 Å². The van der Waals surface area contributed by atoms with Crippen molar-refractivity contribution < 1.29 is 13.9 Å². The van der Waals surface area contributed by atoms with Gasteiger partial charge in [0.05, 0.1) is 0 Å². The van der Waals surface area contributed by atoms with Crippen LogP contribution in [0.4, 0.5) is 9.18 Å². The summed E-state index contributed by atoms with van der Waals surface area (Å²) in [6.07, 6.45) is -0.214. The molecular weight excluding hydrogens is 261 g/mol. The second kappa shape index (κ2) is 4.96. The van der Waals surface area contributed by atoms with Crippen molar-refractivity contribution in [1.82, 2.24) is 9.55 Å². The molecule has 104 valence electrons. The maximum absolute atomic E-state index is 14.4. The number of ether oxygens (including phenoxy) is 1. The molecule has 1 aromatic carbocycles. The Morgan fingerprint density at radius 2 is 2.15 bits per heavy atom. The van der Waals surface area contributed by atoms with Gasteiger partial charge in [-0.25, -0.2) is 9.78 Å². The predicted octanol–water partition coefficient (Wildman–Crippen LogP) is 2.10. The molecule has 1 amide bonds. The lowest BCUT2D eigenvalue weighted by molar-refractivity contribution is 0.0882. The average molecular weight is 275 g/mol. The fraction of sp³-hybridized carbons (Fsp3) is 0.286. The molecular formula is C14H14FN3O2. The highest BCUT2D eigenvalue weighted by atomic mass is 19.1. The molecule has 2 N–H and O–H groups in total. The Bertz CT molecular complexity index is 639. The van der Waals surface area contributed by atoms with Crippen molar-refractivity contribution in [2.24, 2.45) is 5.73 Å². The molecule has 1 atom stereocenters. The van der Waals surface area contributed by atoms with Crippen LogP contribution in [0.3, 0.4) is 0 Å². The predicted molar refractivity (Wildman–Crippen MR) is 70.4 cm³/mol. The number of primary amides is 1. The summed E-state index contributed by atoms with van der Waals surface area (Å²) in [5, 5.41) is 0. The minimum Gasteiger partial charge on any atom is -0.446 e. The van der Waals surface area contributed by atoms with E-state index < -0.39 is 6.09 Å². The summed E-state index contributed by atoms with van der Waals surface area (Å²) in [7, 11) is 0. The van der Waals surface area contributed by atoms with E-state index in [0.29, 0.717) is 30.9 Å². The van der Waals surface area contributed by atoms with Gasteiger partial charge in [-0.2, -0.15) is 4.39 Å². The van der Waals surface area contributed by atoms with E-state index in [9.17, 15) is 9.18 Å². The van der Waals surface area contributed by atoms with E-state index in [4.69, 9.17) is 10.5 Å². The number of rotatable bonds is 2. The van der Waals surface area contributed by atoms with Crippen molar-refractivity contribution in [1.29, 1.82) is 0 Å². The van der Waals surface area contributed by atoms with Crippen LogP contribution in [-0.2, 0) is 17.7 Å². The maximum Gasteiger partial charge on any atom is 0.404 e. The molecule has 20 heavy (non-hydrogen) atoms. The zero-order valence-corrected chi connectivity index (χ0v) is 10.8. The second-order valence-electron chi connectivity index (χ2n) is 4.74. The van der Waals surface area contributed by atoms with Gasteiger partial charge in [0.25, 0.3) is 0 Å². The third-order valence-corrected chi connectivity index (χ3v) is 3.40. The van der Waals surface area contributed by atoms with Crippen LogP contribution < -0.4 is 5.73 Å².